The van der Waals surface area contributed by atoms with Gasteiger partial charge in [0.2, 0.25) is 0 Å². The molecule has 70 valence electrons. The lowest BCUT2D eigenvalue weighted by Crippen LogP contribution is -1.83. The highest BCUT2D eigenvalue weighted by Crippen LogP contribution is 2.23. The van der Waals surface area contributed by atoms with E-state index in [1.165, 1.54) is 12.4 Å². The highest BCUT2D eigenvalue weighted by Gasteiger charge is 2.02. The summed E-state index contributed by atoms with van der Waals surface area (Å²) >= 11 is 5.65. The first-order valence-corrected chi connectivity index (χ1v) is 4.35. The van der Waals surface area contributed by atoms with Gasteiger partial charge in [-0.15, -0.1) is 0 Å². The minimum absolute atomic E-state index is 0.103. The average Bonchev–Trinajstić information content (AvgIpc) is 2.23. The molecule has 0 aliphatic heterocycles. The molecule has 0 atom stereocenters. The number of nitrogens with zero attached hydrogens (tertiary/aromatic N) is 2. The van der Waals surface area contributed by atoms with Crippen LogP contribution >= 0.6 is 11.6 Å². The van der Waals surface area contributed by atoms with Crippen LogP contribution in [-0.2, 0) is 0 Å². The van der Waals surface area contributed by atoms with Crippen LogP contribution in [0.15, 0.2) is 36.9 Å². The quantitative estimate of drug-likeness (QED) is 0.720. The van der Waals surface area contributed by atoms with Gasteiger partial charge in [0, 0.05) is 18.0 Å². The highest BCUT2D eigenvalue weighted by atomic mass is 35.5. The number of halogens is 2. The summed E-state index contributed by atoms with van der Waals surface area (Å²) < 4.78 is 12.9. The fourth-order valence-corrected chi connectivity index (χ4v) is 1.30. The van der Waals surface area contributed by atoms with Gasteiger partial charge in [-0.25, -0.2) is 14.4 Å². The molecule has 0 saturated heterocycles. The van der Waals surface area contributed by atoms with Crippen LogP contribution in [0.5, 0.6) is 0 Å². The van der Waals surface area contributed by atoms with Gasteiger partial charge >= 0.3 is 0 Å². The third kappa shape index (κ3) is 1.72. The number of hydrogen-bond acceptors (Lipinski definition) is 2. The molecule has 1 aromatic carbocycles. The lowest BCUT2D eigenvalue weighted by atomic mass is 10.1. The Balaban J connectivity index is 2.48. The highest BCUT2D eigenvalue weighted by molar-refractivity contribution is 6.31. The van der Waals surface area contributed by atoms with Crippen molar-refractivity contribution in [1.29, 1.82) is 0 Å². The minimum Gasteiger partial charge on any atom is -0.244 e. The van der Waals surface area contributed by atoms with E-state index < -0.39 is 5.82 Å². The molecular weight excluding hydrogens is 203 g/mol. The molecule has 2 rings (SSSR count). The van der Waals surface area contributed by atoms with Gasteiger partial charge in [-0.2, -0.15) is 0 Å². The second-order valence-corrected chi connectivity index (χ2v) is 3.16. The first-order chi connectivity index (χ1) is 6.77. The molecule has 14 heavy (non-hydrogen) atoms. The van der Waals surface area contributed by atoms with Gasteiger partial charge in [-0.1, -0.05) is 17.7 Å². The molecule has 0 fully saturated rings. The standard InChI is InChI=1S/C10H6ClFN2/c11-9-3-7(1-2-10(9)12)8-4-13-6-14-5-8/h1-6H. The van der Waals surface area contributed by atoms with Crippen molar-refractivity contribution in [3.63, 3.8) is 0 Å². The maximum Gasteiger partial charge on any atom is 0.141 e. The van der Waals surface area contributed by atoms with Crippen molar-refractivity contribution in [1.82, 2.24) is 9.97 Å². The van der Waals surface area contributed by atoms with Crippen LogP contribution in [0.3, 0.4) is 0 Å². The molecule has 0 aliphatic carbocycles. The molecule has 1 aromatic heterocycles. The van der Waals surface area contributed by atoms with Crippen molar-refractivity contribution >= 4 is 11.6 Å². The average molecular weight is 209 g/mol. The zero-order valence-corrected chi connectivity index (χ0v) is 7.87. The number of hydrogen-bond donors (Lipinski definition) is 0. The molecule has 0 amide bonds. The smallest absolute Gasteiger partial charge is 0.141 e. The fraction of sp³-hybridized carbons (Fsp3) is 0. The van der Waals surface area contributed by atoms with E-state index in [1.54, 1.807) is 24.5 Å². The number of rotatable bonds is 1. The predicted molar refractivity (Wildman–Crippen MR) is 52.4 cm³/mol. The Kier molecular flexibility index (Phi) is 2.41. The molecule has 0 saturated carbocycles. The molecule has 0 unspecified atom stereocenters. The lowest BCUT2D eigenvalue weighted by Gasteiger charge is -2.00. The molecule has 2 aromatic rings. The maximum absolute atomic E-state index is 12.9. The molecule has 0 radical (unpaired) electrons. The van der Waals surface area contributed by atoms with Crippen LogP contribution in [0.4, 0.5) is 4.39 Å². The van der Waals surface area contributed by atoms with E-state index in [2.05, 4.69) is 9.97 Å². The van der Waals surface area contributed by atoms with Crippen LogP contribution < -0.4 is 0 Å². The number of benzene rings is 1. The predicted octanol–water partition coefficient (Wildman–Crippen LogP) is 2.94. The van der Waals surface area contributed by atoms with E-state index in [1.807, 2.05) is 0 Å². The summed E-state index contributed by atoms with van der Waals surface area (Å²) in [4.78, 5) is 7.73. The monoisotopic (exact) mass is 208 g/mol. The second-order valence-electron chi connectivity index (χ2n) is 2.76. The van der Waals surface area contributed by atoms with Crippen LogP contribution in [0.2, 0.25) is 5.02 Å². The zero-order chi connectivity index (χ0) is 9.97. The Labute approximate surface area is 85.4 Å². The first kappa shape index (κ1) is 9.09. The zero-order valence-electron chi connectivity index (χ0n) is 7.11. The van der Waals surface area contributed by atoms with Crippen molar-refractivity contribution in [2.24, 2.45) is 0 Å². The van der Waals surface area contributed by atoms with E-state index in [0.717, 1.165) is 11.1 Å². The largest absolute Gasteiger partial charge is 0.244 e. The van der Waals surface area contributed by atoms with E-state index >= 15 is 0 Å². The first-order valence-electron chi connectivity index (χ1n) is 3.98. The van der Waals surface area contributed by atoms with Crippen molar-refractivity contribution in [2.45, 2.75) is 0 Å². The van der Waals surface area contributed by atoms with Crippen molar-refractivity contribution in [3.05, 3.63) is 47.8 Å². The van der Waals surface area contributed by atoms with Gasteiger partial charge in [0.15, 0.2) is 0 Å². The second kappa shape index (κ2) is 3.72. The molecule has 4 heteroatoms. The topological polar surface area (TPSA) is 25.8 Å². The summed E-state index contributed by atoms with van der Waals surface area (Å²) in [6.45, 7) is 0. The van der Waals surface area contributed by atoms with E-state index in [9.17, 15) is 4.39 Å². The molecule has 0 spiro atoms. The van der Waals surface area contributed by atoms with E-state index in [4.69, 9.17) is 11.6 Å². The molecule has 2 nitrogen and oxygen atoms in total. The van der Waals surface area contributed by atoms with Crippen LogP contribution in [0.1, 0.15) is 0 Å². The van der Waals surface area contributed by atoms with Crippen molar-refractivity contribution in [3.8, 4) is 11.1 Å². The Morgan fingerprint density at radius 3 is 2.43 bits per heavy atom. The van der Waals surface area contributed by atoms with Gasteiger partial charge in [0.25, 0.3) is 0 Å². The van der Waals surface area contributed by atoms with Gasteiger partial charge in [-0.3, -0.25) is 0 Å². The summed E-state index contributed by atoms with van der Waals surface area (Å²) in [5.41, 5.74) is 1.62. The SMILES string of the molecule is Fc1ccc(-c2cncnc2)cc1Cl. The summed E-state index contributed by atoms with van der Waals surface area (Å²) in [5, 5.41) is 0.103. The maximum atomic E-state index is 12.9. The Bertz CT molecular complexity index is 445. The third-order valence-electron chi connectivity index (χ3n) is 1.81. The summed E-state index contributed by atoms with van der Waals surface area (Å²) in [6.07, 6.45) is 4.74. The van der Waals surface area contributed by atoms with Gasteiger partial charge in [-0.05, 0) is 17.7 Å². The van der Waals surface area contributed by atoms with Gasteiger partial charge in [0.1, 0.15) is 12.1 Å². The Morgan fingerprint density at radius 1 is 1.07 bits per heavy atom. The summed E-state index contributed by atoms with van der Waals surface area (Å²) in [6, 6.07) is 4.51. The Hall–Kier alpha value is -1.48. The van der Waals surface area contributed by atoms with Crippen LogP contribution in [-0.4, -0.2) is 9.97 Å². The molecule has 0 N–H and O–H groups in total. The lowest BCUT2D eigenvalue weighted by molar-refractivity contribution is 0.628. The summed E-state index contributed by atoms with van der Waals surface area (Å²) in [7, 11) is 0. The van der Waals surface area contributed by atoms with Gasteiger partial charge in [0.05, 0.1) is 5.02 Å². The fourth-order valence-electron chi connectivity index (χ4n) is 1.12. The normalized spacial score (nSPS) is 10.1. The molecule has 1 heterocycles. The molecular formula is C10H6ClFN2. The van der Waals surface area contributed by atoms with Crippen LogP contribution in [0, 0.1) is 5.82 Å². The van der Waals surface area contributed by atoms with E-state index in [0.29, 0.717) is 0 Å². The third-order valence-corrected chi connectivity index (χ3v) is 2.10. The number of aromatic nitrogens is 2. The van der Waals surface area contributed by atoms with Gasteiger partial charge < -0.3 is 0 Å². The summed E-state index contributed by atoms with van der Waals surface area (Å²) in [5.74, 6) is -0.424. The Morgan fingerprint density at radius 2 is 1.79 bits per heavy atom. The molecule has 0 bridgehead atoms. The van der Waals surface area contributed by atoms with Crippen molar-refractivity contribution in [2.75, 3.05) is 0 Å². The minimum atomic E-state index is -0.424. The van der Waals surface area contributed by atoms with Crippen molar-refractivity contribution < 1.29 is 4.39 Å². The van der Waals surface area contributed by atoms with Crippen LogP contribution in [0.25, 0.3) is 11.1 Å². The molecule has 0 aliphatic rings. The van der Waals surface area contributed by atoms with E-state index in [-0.39, 0.29) is 5.02 Å².